The molecule has 1 saturated carbocycles. The topological polar surface area (TPSA) is 61.4 Å². The number of amides is 2. The van der Waals surface area contributed by atoms with Crippen LogP contribution >= 0.6 is 0 Å². The van der Waals surface area contributed by atoms with E-state index in [1.165, 1.54) is 38.0 Å². The quantitative estimate of drug-likeness (QED) is 0.891. The number of nitrogens with one attached hydrogen (secondary N) is 2. The van der Waals surface area contributed by atoms with Crippen molar-refractivity contribution in [3.8, 4) is 0 Å². The molecule has 1 heterocycles. The minimum absolute atomic E-state index is 0.0335. The molecule has 6 heteroatoms. The first-order chi connectivity index (χ1) is 10.5. The summed E-state index contributed by atoms with van der Waals surface area (Å²) >= 11 is 0. The van der Waals surface area contributed by atoms with Crippen LogP contribution in [0.15, 0.2) is 18.2 Å². The number of hydrogen-bond acceptors (Lipinski definition) is 3. The number of hydrogen-bond donors (Lipinski definition) is 2. The number of likely N-dealkylation sites (tertiary alicyclic amines) is 1. The highest BCUT2D eigenvalue weighted by atomic mass is 19.1. The van der Waals surface area contributed by atoms with Gasteiger partial charge in [0.05, 0.1) is 5.69 Å². The predicted octanol–water partition coefficient (Wildman–Crippen LogP) is 1.75. The third-order valence-corrected chi connectivity index (χ3v) is 4.16. The van der Waals surface area contributed by atoms with Crippen molar-refractivity contribution in [1.29, 1.82) is 0 Å². The fraction of sp³-hybridized carbons (Fsp3) is 0.500. The van der Waals surface area contributed by atoms with E-state index in [0.29, 0.717) is 11.6 Å². The van der Waals surface area contributed by atoms with Crippen LogP contribution in [0, 0.1) is 5.82 Å². The number of carbonyl (C=O) groups is 2. The number of rotatable bonds is 4. The molecule has 1 atom stereocenters. The Hall–Kier alpha value is -1.95. The Morgan fingerprint density at radius 3 is 2.73 bits per heavy atom. The Bertz CT molecular complexity index is 601. The summed E-state index contributed by atoms with van der Waals surface area (Å²) in [5.41, 5.74) is 0.390. The van der Waals surface area contributed by atoms with E-state index in [4.69, 9.17) is 0 Å². The summed E-state index contributed by atoms with van der Waals surface area (Å²) < 4.78 is 13.6. The summed E-state index contributed by atoms with van der Waals surface area (Å²) in [4.78, 5) is 25.7. The van der Waals surface area contributed by atoms with E-state index in [-0.39, 0.29) is 23.5 Å². The molecule has 3 rings (SSSR count). The van der Waals surface area contributed by atoms with Crippen LogP contribution in [0.5, 0.6) is 0 Å². The molecule has 5 nitrogen and oxygen atoms in total. The molecule has 0 aromatic heterocycles. The van der Waals surface area contributed by atoms with E-state index >= 15 is 0 Å². The van der Waals surface area contributed by atoms with Gasteiger partial charge in [0.25, 0.3) is 5.91 Å². The smallest absolute Gasteiger partial charge is 0.251 e. The lowest BCUT2D eigenvalue weighted by Crippen LogP contribution is -2.37. The van der Waals surface area contributed by atoms with Crippen molar-refractivity contribution >= 4 is 17.5 Å². The van der Waals surface area contributed by atoms with Crippen LogP contribution in [0.4, 0.5) is 10.1 Å². The van der Waals surface area contributed by atoms with Gasteiger partial charge in [-0.15, -0.1) is 0 Å². The maximum Gasteiger partial charge on any atom is 0.251 e. The van der Waals surface area contributed by atoms with Crippen LogP contribution in [0.3, 0.4) is 0 Å². The second-order valence-corrected chi connectivity index (χ2v) is 6.06. The van der Waals surface area contributed by atoms with Crippen LogP contribution < -0.4 is 10.6 Å². The summed E-state index contributed by atoms with van der Waals surface area (Å²) in [7, 11) is 0. The third-order valence-electron chi connectivity index (χ3n) is 4.16. The minimum Gasteiger partial charge on any atom is -0.348 e. The molecule has 1 aromatic rings. The fourth-order valence-corrected chi connectivity index (χ4v) is 2.90. The maximum absolute atomic E-state index is 13.6. The van der Waals surface area contributed by atoms with Crippen molar-refractivity contribution in [2.75, 3.05) is 18.4 Å². The molecule has 0 radical (unpaired) electrons. The van der Waals surface area contributed by atoms with Gasteiger partial charge < -0.3 is 10.6 Å². The first-order valence-electron chi connectivity index (χ1n) is 7.65. The lowest BCUT2D eigenvalue weighted by Gasteiger charge is -2.16. The van der Waals surface area contributed by atoms with Gasteiger partial charge in [0.2, 0.25) is 5.91 Å². The second-order valence-electron chi connectivity index (χ2n) is 6.06. The Balaban J connectivity index is 1.63. The standard InChI is InChI=1S/C16H20FN3O2/c1-10(21)18-15-8-11(2-5-14(15)17)16(22)19-12-6-7-20(9-12)13-3-4-13/h2,5,8,12-13H,3-4,6-7,9H2,1H3,(H,18,21)(H,19,22)/t12-/m1/s1. The summed E-state index contributed by atoms with van der Waals surface area (Å²) in [6, 6.07) is 4.86. The zero-order valence-electron chi connectivity index (χ0n) is 12.6. The molecule has 0 unspecified atom stereocenters. The molecular weight excluding hydrogens is 285 g/mol. The second kappa shape index (κ2) is 6.04. The molecule has 1 saturated heterocycles. The average molecular weight is 305 g/mol. The number of anilines is 1. The Morgan fingerprint density at radius 2 is 2.05 bits per heavy atom. The molecule has 0 spiro atoms. The molecule has 0 bridgehead atoms. The Morgan fingerprint density at radius 1 is 1.27 bits per heavy atom. The van der Waals surface area contributed by atoms with Crippen LogP contribution in [0.2, 0.25) is 0 Å². The predicted molar refractivity (Wildman–Crippen MR) is 81.2 cm³/mol. The van der Waals surface area contributed by atoms with Crippen LogP contribution in [0.1, 0.15) is 36.5 Å². The van der Waals surface area contributed by atoms with Crippen molar-refractivity contribution in [3.05, 3.63) is 29.6 Å². The molecule has 2 N–H and O–H groups in total. The van der Waals surface area contributed by atoms with E-state index in [0.717, 1.165) is 19.5 Å². The van der Waals surface area contributed by atoms with Gasteiger partial charge in [0, 0.05) is 37.7 Å². The molecule has 1 aromatic carbocycles. The highest BCUT2D eigenvalue weighted by Gasteiger charge is 2.34. The largest absolute Gasteiger partial charge is 0.348 e. The van der Waals surface area contributed by atoms with Crippen LogP contribution in [-0.4, -0.2) is 41.9 Å². The van der Waals surface area contributed by atoms with E-state index in [9.17, 15) is 14.0 Å². The van der Waals surface area contributed by atoms with Gasteiger partial charge >= 0.3 is 0 Å². The van der Waals surface area contributed by atoms with Crippen LogP contribution in [0.25, 0.3) is 0 Å². The minimum atomic E-state index is -0.549. The number of carbonyl (C=O) groups excluding carboxylic acids is 2. The lowest BCUT2D eigenvalue weighted by molar-refractivity contribution is -0.114. The maximum atomic E-state index is 13.6. The van der Waals surface area contributed by atoms with Gasteiger partial charge in [-0.1, -0.05) is 0 Å². The SMILES string of the molecule is CC(=O)Nc1cc(C(=O)N[C@@H]2CCN(C3CC3)C2)ccc1F. The van der Waals surface area contributed by atoms with Gasteiger partial charge in [-0.3, -0.25) is 14.5 Å². The zero-order valence-corrected chi connectivity index (χ0v) is 12.6. The summed E-state index contributed by atoms with van der Waals surface area (Å²) in [5.74, 6) is -1.14. The van der Waals surface area contributed by atoms with E-state index in [1.54, 1.807) is 0 Å². The normalized spacial score (nSPS) is 21.6. The molecule has 1 aliphatic heterocycles. The van der Waals surface area contributed by atoms with E-state index in [2.05, 4.69) is 15.5 Å². The molecule has 2 aliphatic rings. The lowest BCUT2D eigenvalue weighted by atomic mass is 10.1. The van der Waals surface area contributed by atoms with Gasteiger partial charge in [-0.2, -0.15) is 0 Å². The van der Waals surface area contributed by atoms with E-state index in [1.807, 2.05) is 0 Å². The van der Waals surface area contributed by atoms with Crippen molar-refractivity contribution in [3.63, 3.8) is 0 Å². The molecule has 2 fully saturated rings. The van der Waals surface area contributed by atoms with Crippen LogP contribution in [-0.2, 0) is 4.79 Å². The molecule has 118 valence electrons. The first kappa shape index (κ1) is 15.0. The molecule has 2 amide bonds. The van der Waals surface area contributed by atoms with Crippen molar-refractivity contribution in [2.24, 2.45) is 0 Å². The van der Waals surface area contributed by atoms with E-state index < -0.39 is 5.82 Å². The van der Waals surface area contributed by atoms with Crippen molar-refractivity contribution < 1.29 is 14.0 Å². The van der Waals surface area contributed by atoms with Crippen molar-refractivity contribution in [2.45, 2.75) is 38.3 Å². The number of nitrogens with zero attached hydrogens (tertiary/aromatic N) is 1. The summed E-state index contributed by atoms with van der Waals surface area (Å²) in [6.07, 6.45) is 3.47. The fourth-order valence-electron chi connectivity index (χ4n) is 2.90. The number of halogens is 1. The first-order valence-corrected chi connectivity index (χ1v) is 7.65. The Kier molecular flexibility index (Phi) is 4.11. The highest BCUT2D eigenvalue weighted by molar-refractivity contribution is 5.97. The zero-order chi connectivity index (χ0) is 15.7. The van der Waals surface area contributed by atoms with Gasteiger partial charge in [-0.25, -0.2) is 4.39 Å². The summed E-state index contributed by atoms with van der Waals surface area (Å²) in [6.45, 7) is 3.21. The van der Waals surface area contributed by atoms with Gasteiger partial charge in [0.1, 0.15) is 5.82 Å². The molecule has 1 aliphatic carbocycles. The number of benzene rings is 1. The Labute approximate surface area is 128 Å². The summed E-state index contributed by atoms with van der Waals surface area (Å²) in [5, 5.41) is 5.38. The third kappa shape index (κ3) is 3.44. The molecule has 22 heavy (non-hydrogen) atoms. The van der Waals surface area contributed by atoms with Crippen molar-refractivity contribution in [1.82, 2.24) is 10.2 Å². The highest BCUT2D eigenvalue weighted by Crippen LogP contribution is 2.29. The van der Waals surface area contributed by atoms with Gasteiger partial charge in [-0.05, 0) is 37.5 Å². The molecular formula is C16H20FN3O2. The average Bonchev–Trinajstić information content (AvgIpc) is 3.21. The van der Waals surface area contributed by atoms with Gasteiger partial charge in [0.15, 0.2) is 0 Å². The monoisotopic (exact) mass is 305 g/mol.